The van der Waals surface area contributed by atoms with Crippen molar-refractivity contribution >= 4 is 5.97 Å². The van der Waals surface area contributed by atoms with E-state index in [9.17, 15) is 20.1 Å². The largest absolute Gasteiger partial charge is 0.547 e. The zero-order valence-corrected chi connectivity index (χ0v) is 8.32. The van der Waals surface area contributed by atoms with Crippen molar-refractivity contribution in [1.29, 1.82) is 0 Å². The summed E-state index contributed by atoms with van der Waals surface area (Å²) in [6.45, 7) is 0. The highest BCUT2D eigenvalue weighted by atomic mass is 16.7. The van der Waals surface area contributed by atoms with Crippen LogP contribution in [0.1, 0.15) is 0 Å². The molecule has 0 aromatic carbocycles. The number of carbonyl (C=O) groups is 1. The Morgan fingerprint density at radius 1 is 1.27 bits per heavy atom. The summed E-state index contributed by atoms with van der Waals surface area (Å²) in [5, 5.41) is 29.7. The monoisotopic (exact) mass is 221 g/mol. The Balaban J connectivity index is 2.84. The fraction of sp³-hybridized carbons (Fsp3) is 0.875. The van der Waals surface area contributed by atoms with Crippen molar-refractivity contribution in [2.45, 2.75) is 30.7 Å². The molecule has 7 heteroatoms. The lowest BCUT2D eigenvalue weighted by molar-refractivity contribution is -0.348. The van der Waals surface area contributed by atoms with Crippen LogP contribution in [0, 0.1) is 0 Å². The Morgan fingerprint density at radius 3 is 2.27 bits per heavy atom. The van der Waals surface area contributed by atoms with E-state index in [1.165, 1.54) is 14.2 Å². The average Bonchev–Trinajstić information content (AvgIpc) is 2.21. The summed E-state index contributed by atoms with van der Waals surface area (Å²) in [6, 6.07) is 0. The number of carbonyl (C=O) groups excluding carboxylic acids is 1. The van der Waals surface area contributed by atoms with Gasteiger partial charge in [0.2, 0.25) is 0 Å². The predicted molar refractivity (Wildman–Crippen MR) is 43.5 cm³/mol. The summed E-state index contributed by atoms with van der Waals surface area (Å²) >= 11 is 0. The standard InChI is InChI=1S/C8H14O7/c1-13-5-3(9)4(10)8(14-2)15-6(5)7(11)12/h3-6,8-10H,1-2H3,(H,11,12)/p-1/t3-,4?,5+,6?,8-/m1/s1. The van der Waals surface area contributed by atoms with E-state index in [1.807, 2.05) is 0 Å². The molecular weight excluding hydrogens is 208 g/mol. The van der Waals surface area contributed by atoms with Gasteiger partial charge in [0.15, 0.2) is 6.29 Å². The molecule has 0 bridgehead atoms. The molecule has 0 aromatic heterocycles. The molecule has 2 N–H and O–H groups in total. The predicted octanol–water partition coefficient (Wildman–Crippen LogP) is -3.16. The average molecular weight is 221 g/mol. The fourth-order valence-electron chi connectivity index (χ4n) is 1.48. The minimum Gasteiger partial charge on any atom is -0.547 e. The van der Waals surface area contributed by atoms with Gasteiger partial charge in [-0.1, -0.05) is 0 Å². The number of ether oxygens (including phenoxy) is 3. The molecule has 1 aliphatic heterocycles. The second kappa shape index (κ2) is 4.86. The smallest absolute Gasteiger partial charge is 0.186 e. The Bertz CT molecular complexity index is 231. The van der Waals surface area contributed by atoms with E-state index in [-0.39, 0.29) is 0 Å². The van der Waals surface area contributed by atoms with Crippen LogP contribution in [0.25, 0.3) is 0 Å². The van der Waals surface area contributed by atoms with Crippen molar-refractivity contribution < 1.29 is 34.3 Å². The van der Waals surface area contributed by atoms with Gasteiger partial charge in [-0.05, 0) is 0 Å². The first kappa shape index (κ1) is 12.3. The minimum absolute atomic E-state index is 1.18. The number of hydrogen-bond donors (Lipinski definition) is 2. The van der Waals surface area contributed by atoms with Crippen molar-refractivity contribution in [1.82, 2.24) is 0 Å². The van der Waals surface area contributed by atoms with Gasteiger partial charge in [0.1, 0.15) is 24.4 Å². The molecule has 1 saturated heterocycles. The van der Waals surface area contributed by atoms with Gasteiger partial charge >= 0.3 is 0 Å². The quantitative estimate of drug-likeness (QED) is 0.518. The van der Waals surface area contributed by atoms with Crippen LogP contribution in [0.3, 0.4) is 0 Å². The maximum absolute atomic E-state index is 10.7. The number of carboxylic acid groups (broad SMARTS) is 1. The van der Waals surface area contributed by atoms with Gasteiger partial charge in [0.05, 0.1) is 5.97 Å². The van der Waals surface area contributed by atoms with E-state index in [4.69, 9.17) is 9.47 Å². The Morgan fingerprint density at radius 2 is 1.87 bits per heavy atom. The lowest BCUT2D eigenvalue weighted by atomic mass is 9.99. The molecule has 1 aliphatic rings. The molecular formula is C8H13O7-. The van der Waals surface area contributed by atoms with Crippen LogP contribution >= 0.6 is 0 Å². The lowest BCUT2D eigenvalue weighted by Crippen LogP contribution is -2.63. The second-order valence-corrected chi connectivity index (χ2v) is 3.16. The first-order valence-corrected chi connectivity index (χ1v) is 4.31. The van der Waals surface area contributed by atoms with Gasteiger partial charge < -0.3 is 34.3 Å². The SMILES string of the molecule is CO[C@@H]1OC(C(=O)[O-])[C@@H](OC)[C@H](O)C1O. The van der Waals surface area contributed by atoms with Crippen molar-refractivity contribution in [3.63, 3.8) is 0 Å². The van der Waals surface area contributed by atoms with Crippen molar-refractivity contribution in [3.05, 3.63) is 0 Å². The van der Waals surface area contributed by atoms with E-state index in [0.29, 0.717) is 0 Å². The van der Waals surface area contributed by atoms with E-state index in [0.717, 1.165) is 0 Å². The zero-order chi connectivity index (χ0) is 11.6. The van der Waals surface area contributed by atoms with Gasteiger partial charge in [-0.15, -0.1) is 0 Å². The summed E-state index contributed by atoms with van der Waals surface area (Å²) in [5.41, 5.74) is 0. The highest BCUT2D eigenvalue weighted by molar-refractivity contribution is 5.71. The van der Waals surface area contributed by atoms with Crippen molar-refractivity contribution in [2.75, 3.05) is 14.2 Å². The molecule has 0 spiro atoms. The molecule has 1 fully saturated rings. The lowest BCUT2D eigenvalue weighted by Gasteiger charge is -2.41. The molecule has 0 aromatic rings. The third-order valence-electron chi connectivity index (χ3n) is 2.28. The van der Waals surface area contributed by atoms with Crippen molar-refractivity contribution in [3.8, 4) is 0 Å². The molecule has 1 rings (SSSR count). The Labute approximate surface area is 86.2 Å². The Hall–Kier alpha value is -0.730. The first-order chi connectivity index (χ1) is 7.02. The summed E-state index contributed by atoms with van der Waals surface area (Å²) in [7, 11) is 2.42. The highest BCUT2D eigenvalue weighted by Gasteiger charge is 2.45. The summed E-state index contributed by atoms with van der Waals surface area (Å²) in [6.07, 6.45) is -6.64. The number of rotatable bonds is 3. The minimum atomic E-state index is -1.53. The van der Waals surface area contributed by atoms with E-state index >= 15 is 0 Å². The highest BCUT2D eigenvalue weighted by Crippen LogP contribution is 2.23. The Kier molecular flexibility index (Phi) is 4.00. The van der Waals surface area contributed by atoms with Gasteiger partial charge in [0.25, 0.3) is 0 Å². The summed E-state index contributed by atoms with van der Waals surface area (Å²) < 4.78 is 14.3. The topological polar surface area (TPSA) is 108 Å². The molecule has 88 valence electrons. The molecule has 15 heavy (non-hydrogen) atoms. The number of aliphatic carboxylic acids is 1. The maximum atomic E-state index is 10.7. The number of aliphatic hydroxyl groups excluding tert-OH is 2. The molecule has 1 heterocycles. The van der Waals surface area contributed by atoms with Gasteiger partial charge in [-0.2, -0.15) is 0 Å². The third kappa shape index (κ3) is 2.27. The van der Waals surface area contributed by atoms with Crippen molar-refractivity contribution in [2.24, 2.45) is 0 Å². The zero-order valence-electron chi connectivity index (χ0n) is 8.32. The molecule has 0 radical (unpaired) electrons. The maximum Gasteiger partial charge on any atom is 0.186 e. The van der Waals surface area contributed by atoms with Gasteiger partial charge in [-0.3, -0.25) is 0 Å². The van der Waals surface area contributed by atoms with Crippen LogP contribution in [0.2, 0.25) is 0 Å². The van der Waals surface area contributed by atoms with Crippen LogP contribution < -0.4 is 5.11 Å². The van der Waals surface area contributed by atoms with Crippen LogP contribution in [-0.2, 0) is 19.0 Å². The second-order valence-electron chi connectivity index (χ2n) is 3.16. The summed E-state index contributed by atoms with van der Waals surface area (Å²) in [5.74, 6) is -1.53. The van der Waals surface area contributed by atoms with Crippen LogP contribution in [0.4, 0.5) is 0 Å². The van der Waals surface area contributed by atoms with Crippen LogP contribution in [0.15, 0.2) is 0 Å². The first-order valence-electron chi connectivity index (χ1n) is 4.31. The van der Waals surface area contributed by atoms with Crippen LogP contribution in [-0.4, -0.2) is 61.1 Å². The molecule has 0 amide bonds. The summed E-state index contributed by atoms with van der Waals surface area (Å²) in [4.78, 5) is 10.7. The van der Waals surface area contributed by atoms with Gasteiger partial charge in [0, 0.05) is 14.2 Å². The molecule has 7 nitrogen and oxygen atoms in total. The third-order valence-corrected chi connectivity index (χ3v) is 2.28. The molecule has 2 unspecified atom stereocenters. The van der Waals surface area contributed by atoms with E-state index < -0.39 is 36.7 Å². The number of aliphatic hydroxyl groups is 2. The van der Waals surface area contributed by atoms with E-state index in [1.54, 1.807) is 0 Å². The van der Waals surface area contributed by atoms with E-state index in [2.05, 4.69) is 4.74 Å². The normalized spacial score (nSPS) is 41.5. The number of hydrogen-bond acceptors (Lipinski definition) is 7. The number of methoxy groups -OCH3 is 2. The fourth-order valence-corrected chi connectivity index (χ4v) is 1.48. The molecule has 0 saturated carbocycles. The number of carboxylic acids is 1. The van der Waals surface area contributed by atoms with Gasteiger partial charge in [-0.25, -0.2) is 0 Å². The van der Waals surface area contributed by atoms with Crippen LogP contribution in [0.5, 0.6) is 0 Å². The molecule has 0 aliphatic carbocycles. The molecule has 5 atom stereocenters.